The molecule has 0 aromatic carbocycles. The molecule has 0 saturated heterocycles. The molecule has 0 fully saturated rings. The Hall–Kier alpha value is -3.18. The number of allylic oxidation sites excluding steroid dienone is 16. The van der Waals surface area contributed by atoms with Crippen molar-refractivity contribution in [2.75, 3.05) is 19.8 Å². The Morgan fingerprint density at radius 2 is 0.703 bits per heavy atom. The normalized spacial score (nSPS) is 13.0. The van der Waals surface area contributed by atoms with Gasteiger partial charge in [0.25, 0.3) is 0 Å². The van der Waals surface area contributed by atoms with Crippen LogP contribution in [0.25, 0.3) is 0 Å². The molecule has 0 aliphatic heterocycles. The Labute approximate surface area is 396 Å². The SMILES string of the molecule is CC/C=C\C/C=C\C/C=C\C/C=C\CCCCCCC(=O)O[C@H](COCCCCCCCCCCCCCCCCCC)COC(=O)CCCC/C=C\C/C=C\C/C=C\C/C=C\CC. The van der Waals surface area contributed by atoms with Gasteiger partial charge in [-0.1, -0.05) is 227 Å². The molecule has 0 aromatic rings. The van der Waals surface area contributed by atoms with E-state index in [1.54, 1.807) is 0 Å². The molecule has 64 heavy (non-hydrogen) atoms. The molecule has 5 nitrogen and oxygen atoms in total. The van der Waals surface area contributed by atoms with Gasteiger partial charge in [0.1, 0.15) is 6.61 Å². The lowest BCUT2D eigenvalue weighted by Gasteiger charge is -2.18. The molecule has 0 aliphatic carbocycles. The molecule has 0 aliphatic rings. The van der Waals surface area contributed by atoms with Crippen LogP contribution in [0.3, 0.4) is 0 Å². The summed E-state index contributed by atoms with van der Waals surface area (Å²) in [7, 11) is 0. The van der Waals surface area contributed by atoms with Crippen molar-refractivity contribution in [3.63, 3.8) is 0 Å². The molecule has 0 N–H and O–H groups in total. The zero-order valence-corrected chi connectivity index (χ0v) is 42.0. The largest absolute Gasteiger partial charge is 0.462 e. The first-order chi connectivity index (χ1) is 31.6. The van der Waals surface area contributed by atoms with Gasteiger partial charge >= 0.3 is 11.9 Å². The molecule has 1 atom stereocenters. The van der Waals surface area contributed by atoms with E-state index in [1.807, 2.05) is 0 Å². The molecular formula is C59H100O5. The maximum atomic E-state index is 12.8. The van der Waals surface area contributed by atoms with E-state index in [2.05, 4.69) is 118 Å². The third-order valence-electron chi connectivity index (χ3n) is 11.1. The van der Waals surface area contributed by atoms with Gasteiger partial charge in [-0.2, -0.15) is 0 Å². The van der Waals surface area contributed by atoms with Crippen LogP contribution in [-0.4, -0.2) is 37.9 Å². The van der Waals surface area contributed by atoms with Gasteiger partial charge in [-0.15, -0.1) is 0 Å². The molecule has 0 bridgehead atoms. The van der Waals surface area contributed by atoms with E-state index in [-0.39, 0.29) is 25.2 Å². The molecule has 0 saturated carbocycles. The number of esters is 2. The van der Waals surface area contributed by atoms with Crippen molar-refractivity contribution in [2.24, 2.45) is 0 Å². The molecule has 0 rings (SSSR count). The number of unbranched alkanes of at least 4 members (excludes halogenated alkanes) is 21. The molecule has 366 valence electrons. The molecule has 5 heteroatoms. The number of carbonyl (C=O) groups is 2. The standard InChI is InChI=1S/C59H100O5/c1-4-7-10-13-16-19-22-25-28-30-32-35-38-41-44-47-50-53-59(61)64-57(55-62-54-51-48-45-42-39-36-33-29-26-23-20-17-14-11-8-5-2)56-63-58(60)52-49-46-43-40-37-34-31-27-24-21-18-15-12-9-6-3/h7,9-10,12,16,18-19,21,25,27-28,31-32,35,37,40,57H,4-6,8,11,13-15,17,20,22-24,26,29-30,33-34,36,38-39,41-56H2,1-3H3/b10-7-,12-9-,19-16-,21-18-,28-25-,31-27-,35-32-,40-37-/t57-/m1/s1. The second kappa shape index (κ2) is 54.2. The van der Waals surface area contributed by atoms with E-state index in [4.69, 9.17) is 14.2 Å². The Kier molecular flexibility index (Phi) is 51.5. The van der Waals surface area contributed by atoms with Gasteiger partial charge in [-0.25, -0.2) is 0 Å². The minimum Gasteiger partial charge on any atom is -0.462 e. The van der Waals surface area contributed by atoms with Gasteiger partial charge in [0.15, 0.2) is 6.10 Å². The highest BCUT2D eigenvalue weighted by Gasteiger charge is 2.17. The fourth-order valence-electron chi connectivity index (χ4n) is 7.20. The summed E-state index contributed by atoms with van der Waals surface area (Å²) in [4.78, 5) is 25.4. The molecule has 0 aromatic heterocycles. The summed E-state index contributed by atoms with van der Waals surface area (Å²) in [6, 6.07) is 0. The fourth-order valence-corrected chi connectivity index (χ4v) is 7.20. The molecule has 0 spiro atoms. The Bertz CT molecular complexity index is 1230. The summed E-state index contributed by atoms with van der Waals surface area (Å²) < 4.78 is 17.4. The van der Waals surface area contributed by atoms with Crippen molar-refractivity contribution in [2.45, 2.75) is 245 Å². The summed E-state index contributed by atoms with van der Waals surface area (Å²) in [6.45, 7) is 7.54. The third kappa shape index (κ3) is 51.5. The Balaban J connectivity index is 4.38. The number of hydrogen-bond donors (Lipinski definition) is 0. The lowest BCUT2D eigenvalue weighted by Crippen LogP contribution is -2.30. The highest BCUT2D eigenvalue weighted by atomic mass is 16.6. The zero-order chi connectivity index (χ0) is 46.3. The van der Waals surface area contributed by atoms with Crippen LogP contribution in [0, 0.1) is 0 Å². The second-order valence-corrected chi connectivity index (χ2v) is 17.4. The average Bonchev–Trinajstić information content (AvgIpc) is 3.30. The van der Waals surface area contributed by atoms with Crippen molar-refractivity contribution in [1.29, 1.82) is 0 Å². The van der Waals surface area contributed by atoms with E-state index >= 15 is 0 Å². The second-order valence-electron chi connectivity index (χ2n) is 17.4. The predicted octanol–water partition coefficient (Wildman–Crippen LogP) is 18.2. The van der Waals surface area contributed by atoms with Crippen molar-refractivity contribution < 1.29 is 23.8 Å². The summed E-state index contributed by atoms with van der Waals surface area (Å²) in [5.41, 5.74) is 0. The van der Waals surface area contributed by atoms with Crippen LogP contribution in [0.4, 0.5) is 0 Å². The fraction of sp³-hybridized carbons (Fsp3) is 0.695. The van der Waals surface area contributed by atoms with Crippen molar-refractivity contribution in [3.05, 3.63) is 97.2 Å². The first kappa shape index (κ1) is 60.8. The van der Waals surface area contributed by atoms with E-state index in [0.717, 1.165) is 116 Å². The minimum absolute atomic E-state index is 0.0509. The number of hydrogen-bond acceptors (Lipinski definition) is 5. The number of carbonyl (C=O) groups excluding carboxylic acids is 2. The van der Waals surface area contributed by atoms with Crippen molar-refractivity contribution >= 4 is 11.9 Å². The van der Waals surface area contributed by atoms with Crippen LogP contribution < -0.4 is 0 Å². The summed E-state index contributed by atoms with van der Waals surface area (Å²) in [5, 5.41) is 0. The number of rotatable bonds is 48. The summed E-state index contributed by atoms with van der Waals surface area (Å²) >= 11 is 0. The monoisotopic (exact) mass is 889 g/mol. The van der Waals surface area contributed by atoms with Crippen LogP contribution in [0.15, 0.2) is 97.2 Å². The van der Waals surface area contributed by atoms with E-state index < -0.39 is 6.10 Å². The average molecular weight is 889 g/mol. The lowest BCUT2D eigenvalue weighted by molar-refractivity contribution is -0.163. The van der Waals surface area contributed by atoms with Gasteiger partial charge in [-0.3, -0.25) is 9.59 Å². The van der Waals surface area contributed by atoms with Gasteiger partial charge in [-0.05, 0) is 96.3 Å². The lowest BCUT2D eigenvalue weighted by atomic mass is 10.0. The highest BCUT2D eigenvalue weighted by Crippen LogP contribution is 2.15. The van der Waals surface area contributed by atoms with Gasteiger partial charge in [0.05, 0.1) is 6.61 Å². The van der Waals surface area contributed by atoms with Crippen molar-refractivity contribution in [3.8, 4) is 0 Å². The molecule has 0 unspecified atom stereocenters. The molecule has 0 radical (unpaired) electrons. The Morgan fingerprint density at radius 3 is 1.16 bits per heavy atom. The van der Waals surface area contributed by atoms with Gasteiger partial charge in [0, 0.05) is 19.4 Å². The Morgan fingerprint density at radius 1 is 0.359 bits per heavy atom. The van der Waals surface area contributed by atoms with Crippen LogP contribution in [0.5, 0.6) is 0 Å². The maximum absolute atomic E-state index is 12.8. The topological polar surface area (TPSA) is 61.8 Å². The zero-order valence-electron chi connectivity index (χ0n) is 42.0. The predicted molar refractivity (Wildman–Crippen MR) is 279 cm³/mol. The smallest absolute Gasteiger partial charge is 0.306 e. The van der Waals surface area contributed by atoms with Crippen LogP contribution in [0.2, 0.25) is 0 Å². The number of ether oxygens (including phenoxy) is 3. The first-order valence-corrected chi connectivity index (χ1v) is 26.8. The minimum atomic E-state index is -0.569. The third-order valence-corrected chi connectivity index (χ3v) is 11.1. The van der Waals surface area contributed by atoms with Gasteiger partial charge in [0.2, 0.25) is 0 Å². The van der Waals surface area contributed by atoms with Crippen LogP contribution in [-0.2, 0) is 23.8 Å². The molecular weight excluding hydrogens is 789 g/mol. The molecule has 0 heterocycles. The first-order valence-electron chi connectivity index (χ1n) is 26.8. The highest BCUT2D eigenvalue weighted by molar-refractivity contribution is 5.70. The summed E-state index contributed by atoms with van der Waals surface area (Å²) in [6.07, 6.45) is 72.8. The van der Waals surface area contributed by atoms with Crippen LogP contribution in [0.1, 0.15) is 239 Å². The quantitative estimate of drug-likeness (QED) is 0.0346. The van der Waals surface area contributed by atoms with E-state index in [9.17, 15) is 9.59 Å². The van der Waals surface area contributed by atoms with Crippen molar-refractivity contribution in [1.82, 2.24) is 0 Å². The summed E-state index contributed by atoms with van der Waals surface area (Å²) in [5.74, 6) is -0.471. The van der Waals surface area contributed by atoms with E-state index in [0.29, 0.717) is 19.4 Å². The van der Waals surface area contributed by atoms with E-state index in [1.165, 1.54) is 89.9 Å². The van der Waals surface area contributed by atoms with Crippen LogP contribution >= 0.6 is 0 Å². The van der Waals surface area contributed by atoms with Gasteiger partial charge < -0.3 is 14.2 Å². The maximum Gasteiger partial charge on any atom is 0.306 e. The molecule has 0 amide bonds.